The Kier molecular flexibility index (Phi) is 3.30. The first kappa shape index (κ1) is 15.1. The van der Waals surface area contributed by atoms with Crippen LogP contribution in [0.2, 0.25) is 0 Å². The molecule has 24 heavy (non-hydrogen) atoms. The number of Topliss-reactive ketones (excluding diaryl/α,β-unsaturated/α-hetero) is 1. The quantitative estimate of drug-likeness (QED) is 0.635. The highest BCUT2D eigenvalue weighted by molar-refractivity contribution is 6.23. The lowest BCUT2D eigenvalue weighted by molar-refractivity contribution is -0.144. The van der Waals surface area contributed by atoms with Gasteiger partial charge in [0.15, 0.2) is 0 Å². The van der Waals surface area contributed by atoms with E-state index in [2.05, 4.69) is 6.58 Å². The van der Waals surface area contributed by atoms with Crippen LogP contribution in [-0.4, -0.2) is 17.6 Å². The number of nitrogens with zero attached hydrogens (tertiary/aromatic N) is 1. The molecule has 0 radical (unpaired) electrons. The smallest absolute Gasteiger partial charge is 0.238 e. The van der Waals surface area contributed by atoms with Crippen LogP contribution in [0.15, 0.2) is 55.1 Å². The average Bonchev–Trinajstić information content (AvgIpc) is 2.80. The Morgan fingerprint density at radius 2 is 1.88 bits per heavy atom. The molecule has 4 atom stereocenters. The molecule has 0 spiro atoms. The van der Waals surface area contributed by atoms with Crippen molar-refractivity contribution in [1.82, 2.24) is 0 Å². The summed E-state index contributed by atoms with van der Waals surface area (Å²) in [4.78, 5) is 40.2. The van der Waals surface area contributed by atoms with Crippen LogP contribution >= 0.6 is 0 Å². The fraction of sp³-hybridized carbons (Fsp3) is 0.350. The average molecular weight is 321 g/mol. The van der Waals surface area contributed by atoms with Gasteiger partial charge in [0.05, 0.1) is 22.9 Å². The summed E-state index contributed by atoms with van der Waals surface area (Å²) in [5.74, 6) is -1.62. The first-order valence-corrected chi connectivity index (χ1v) is 8.35. The number of hydrogen-bond acceptors (Lipinski definition) is 3. The van der Waals surface area contributed by atoms with Gasteiger partial charge in [-0.25, -0.2) is 0 Å². The van der Waals surface area contributed by atoms with Crippen molar-refractivity contribution in [3.05, 3.63) is 55.1 Å². The van der Waals surface area contributed by atoms with Gasteiger partial charge in [-0.2, -0.15) is 0 Å². The molecule has 2 fully saturated rings. The van der Waals surface area contributed by atoms with E-state index in [9.17, 15) is 14.4 Å². The lowest BCUT2D eigenvalue weighted by Crippen LogP contribution is -2.49. The van der Waals surface area contributed by atoms with Crippen molar-refractivity contribution in [1.29, 1.82) is 0 Å². The van der Waals surface area contributed by atoms with Crippen LogP contribution in [0.25, 0.3) is 0 Å². The topological polar surface area (TPSA) is 54.5 Å². The van der Waals surface area contributed by atoms with Crippen molar-refractivity contribution in [3.8, 4) is 0 Å². The molecule has 3 aliphatic rings. The Hall–Kier alpha value is -2.49. The normalized spacial score (nSPS) is 34.4. The molecule has 0 aromatic heterocycles. The van der Waals surface area contributed by atoms with Crippen LogP contribution in [0.1, 0.15) is 19.3 Å². The summed E-state index contributed by atoms with van der Waals surface area (Å²) >= 11 is 0. The van der Waals surface area contributed by atoms with Gasteiger partial charge >= 0.3 is 0 Å². The highest BCUT2D eigenvalue weighted by atomic mass is 16.2. The molecule has 1 aromatic rings. The number of hydrogen-bond donors (Lipinski definition) is 0. The van der Waals surface area contributed by atoms with E-state index < -0.39 is 17.3 Å². The van der Waals surface area contributed by atoms with Crippen molar-refractivity contribution < 1.29 is 14.4 Å². The van der Waals surface area contributed by atoms with E-state index in [1.807, 2.05) is 30.4 Å². The summed E-state index contributed by atoms with van der Waals surface area (Å²) in [6.07, 6.45) is 7.14. The second kappa shape index (κ2) is 5.26. The van der Waals surface area contributed by atoms with E-state index in [0.29, 0.717) is 24.9 Å². The Labute approximate surface area is 140 Å². The van der Waals surface area contributed by atoms with Gasteiger partial charge in [0.25, 0.3) is 0 Å². The maximum absolute atomic E-state index is 13.0. The summed E-state index contributed by atoms with van der Waals surface area (Å²) in [5, 5.41) is 0. The summed E-state index contributed by atoms with van der Waals surface area (Å²) in [6.45, 7) is 3.76. The van der Waals surface area contributed by atoms with E-state index in [4.69, 9.17) is 0 Å². The molecule has 1 aliphatic heterocycles. The number of ketones is 1. The fourth-order valence-electron chi connectivity index (χ4n) is 4.63. The number of fused-ring (bicyclic) bond motifs is 4. The minimum atomic E-state index is -0.658. The molecule has 0 N–H and O–H groups in total. The van der Waals surface area contributed by atoms with Gasteiger partial charge in [-0.1, -0.05) is 36.4 Å². The standard InChI is InChI=1S/C20H19NO3/c1-2-10-20-11-6-9-14(17(20)22)16-15(12-20)18(23)21(19(16)24)13-7-4-3-5-8-13/h2-8,11,14-16H,1,9-10,12H2. The second-order valence-electron chi connectivity index (χ2n) is 6.94. The van der Waals surface area contributed by atoms with Crippen molar-refractivity contribution >= 4 is 23.3 Å². The van der Waals surface area contributed by atoms with Gasteiger partial charge in [-0.05, 0) is 31.4 Å². The summed E-state index contributed by atoms with van der Waals surface area (Å²) in [6, 6.07) is 8.99. The summed E-state index contributed by atoms with van der Waals surface area (Å²) in [7, 11) is 0. The number of benzene rings is 1. The Bertz CT molecular complexity index is 766. The molecule has 4 unspecified atom stereocenters. The van der Waals surface area contributed by atoms with Crippen molar-refractivity contribution in [2.45, 2.75) is 19.3 Å². The second-order valence-corrected chi connectivity index (χ2v) is 6.94. The molecule has 2 amide bonds. The lowest BCUT2D eigenvalue weighted by Gasteiger charge is -2.44. The Morgan fingerprint density at radius 1 is 1.12 bits per heavy atom. The number of allylic oxidation sites excluding steroid dienone is 3. The van der Waals surface area contributed by atoms with Crippen molar-refractivity contribution in [2.24, 2.45) is 23.2 Å². The van der Waals surface area contributed by atoms with Gasteiger partial charge in [0.1, 0.15) is 5.78 Å². The third kappa shape index (κ3) is 1.89. The molecule has 4 nitrogen and oxygen atoms in total. The molecule has 1 saturated carbocycles. The molecule has 122 valence electrons. The minimum Gasteiger partial charge on any atom is -0.298 e. The molecule has 2 aliphatic carbocycles. The van der Waals surface area contributed by atoms with Crippen LogP contribution in [0.3, 0.4) is 0 Å². The number of rotatable bonds is 3. The first-order chi connectivity index (χ1) is 11.6. The van der Waals surface area contributed by atoms with E-state index in [0.717, 1.165) is 0 Å². The number of carbonyl (C=O) groups is 3. The number of imide groups is 1. The third-order valence-electron chi connectivity index (χ3n) is 5.67. The van der Waals surface area contributed by atoms with E-state index in [1.54, 1.807) is 18.2 Å². The number of anilines is 1. The van der Waals surface area contributed by atoms with Crippen molar-refractivity contribution in [3.63, 3.8) is 0 Å². The Balaban J connectivity index is 1.77. The number of carbonyl (C=O) groups excluding carboxylic acids is 3. The largest absolute Gasteiger partial charge is 0.298 e. The molecule has 4 rings (SSSR count). The molecule has 2 bridgehead atoms. The highest BCUT2D eigenvalue weighted by Crippen LogP contribution is 2.53. The zero-order valence-electron chi connectivity index (χ0n) is 13.4. The SMILES string of the molecule is C=CCC12C=CCC(C1=O)C1C(=O)N(c3ccccc3)C(=O)C1C2. The van der Waals surface area contributed by atoms with Gasteiger partial charge in [-0.15, -0.1) is 6.58 Å². The predicted molar refractivity (Wildman–Crippen MR) is 90.0 cm³/mol. The summed E-state index contributed by atoms with van der Waals surface area (Å²) in [5.41, 5.74) is -0.0660. The molecule has 1 heterocycles. The molecular weight excluding hydrogens is 302 g/mol. The van der Waals surface area contributed by atoms with E-state index in [1.165, 1.54) is 4.90 Å². The minimum absolute atomic E-state index is 0.0993. The number of amides is 2. The van der Waals surface area contributed by atoms with Gasteiger partial charge in [-0.3, -0.25) is 19.3 Å². The first-order valence-electron chi connectivity index (χ1n) is 8.35. The number of para-hydroxylation sites is 1. The monoisotopic (exact) mass is 321 g/mol. The van der Waals surface area contributed by atoms with Gasteiger partial charge in [0, 0.05) is 5.92 Å². The van der Waals surface area contributed by atoms with Crippen LogP contribution in [0, 0.1) is 23.2 Å². The molecule has 1 saturated heterocycles. The van der Waals surface area contributed by atoms with E-state index >= 15 is 0 Å². The maximum Gasteiger partial charge on any atom is 0.238 e. The zero-order chi connectivity index (χ0) is 16.9. The zero-order valence-corrected chi connectivity index (χ0v) is 13.4. The lowest BCUT2D eigenvalue weighted by atomic mass is 9.56. The predicted octanol–water partition coefficient (Wildman–Crippen LogP) is 2.90. The Morgan fingerprint density at radius 3 is 2.58 bits per heavy atom. The maximum atomic E-state index is 13.0. The fourth-order valence-corrected chi connectivity index (χ4v) is 4.63. The van der Waals surface area contributed by atoms with Crippen molar-refractivity contribution in [2.75, 3.05) is 4.90 Å². The molecule has 4 heteroatoms. The highest BCUT2D eigenvalue weighted by Gasteiger charge is 2.61. The molecular formula is C20H19NO3. The third-order valence-corrected chi connectivity index (χ3v) is 5.67. The molecule has 1 aromatic carbocycles. The van der Waals surface area contributed by atoms with Gasteiger partial charge in [0.2, 0.25) is 11.8 Å². The van der Waals surface area contributed by atoms with Gasteiger partial charge < -0.3 is 0 Å². The summed E-state index contributed by atoms with van der Waals surface area (Å²) < 4.78 is 0. The van der Waals surface area contributed by atoms with Crippen LogP contribution in [0.4, 0.5) is 5.69 Å². The van der Waals surface area contributed by atoms with Crippen LogP contribution < -0.4 is 4.90 Å². The van der Waals surface area contributed by atoms with Crippen LogP contribution in [0.5, 0.6) is 0 Å². The van der Waals surface area contributed by atoms with Crippen LogP contribution in [-0.2, 0) is 14.4 Å². The van der Waals surface area contributed by atoms with E-state index in [-0.39, 0.29) is 23.5 Å².